The fourth-order valence-electron chi connectivity index (χ4n) is 5.73. The second kappa shape index (κ2) is 10.3. The molecule has 7 heteroatoms. The molecule has 37 heavy (non-hydrogen) atoms. The topological polar surface area (TPSA) is 125 Å². The van der Waals surface area contributed by atoms with Crippen LogP contribution in [0.2, 0.25) is 0 Å². The van der Waals surface area contributed by atoms with Gasteiger partial charge in [-0.25, -0.2) is 0 Å². The molecule has 0 radical (unpaired) electrons. The summed E-state index contributed by atoms with van der Waals surface area (Å²) in [5.41, 5.74) is 9.77. The quantitative estimate of drug-likeness (QED) is 0.562. The van der Waals surface area contributed by atoms with E-state index in [9.17, 15) is 15.8 Å². The summed E-state index contributed by atoms with van der Waals surface area (Å²) >= 11 is 0. The van der Waals surface area contributed by atoms with E-state index in [1.165, 1.54) is 0 Å². The second-order valence-electron chi connectivity index (χ2n) is 9.52. The highest BCUT2D eigenvalue weighted by Crippen LogP contribution is 2.56. The molecule has 0 saturated carbocycles. The largest absolute Gasteiger partial charge is 0.493 e. The highest BCUT2D eigenvalue weighted by Gasteiger charge is 2.54. The van der Waals surface area contributed by atoms with Crippen molar-refractivity contribution in [3.63, 3.8) is 0 Å². The lowest BCUT2D eigenvalue weighted by atomic mass is 9.56. The van der Waals surface area contributed by atoms with E-state index in [4.69, 9.17) is 19.9 Å². The Bertz CT molecular complexity index is 1380. The zero-order valence-corrected chi connectivity index (χ0v) is 21.6. The van der Waals surface area contributed by atoms with Crippen molar-refractivity contribution >= 4 is 0 Å². The highest BCUT2D eigenvalue weighted by molar-refractivity contribution is 5.60. The molecule has 0 unspecified atom stereocenters. The number of rotatable bonds is 6. The van der Waals surface area contributed by atoms with E-state index in [1.54, 1.807) is 26.4 Å². The van der Waals surface area contributed by atoms with Crippen LogP contribution >= 0.6 is 0 Å². The van der Waals surface area contributed by atoms with E-state index in [2.05, 4.69) is 24.3 Å². The molecular weight excluding hydrogens is 464 g/mol. The number of nitriles is 3. The third kappa shape index (κ3) is 4.15. The smallest absolute Gasteiger partial charge is 0.203 e. The standard InChI is InChI=1S/C30H30N4O3/c1-18-12-19(2)23(13-20(18)15-37-28-25(35-3)10-7-11-26(28)36-4)27-22-9-6-5-8-21(22)24(14-31)29(34)30(27,16-32)17-33/h7-8,10-13,22,27H,5-6,9,15,34H2,1-4H3/t22-,27-/m1/s1. The van der Waals surface area contributed by atoms with Crippen LogP contribution in [0.1, 0.15) is 47.4 Å². The van der Waals surface area contributed by atoms with Crippen molar-refractivity contribution in [1.29, 1.82) is 15.8 Å². The third-order valence-corrected chi connectivity index (χ3v) is 7.61. The molecule has 0 amide bonds. The average molecular weight is 495 g/mol. The molecule has 2 aliphatic rings. The number of hydrogen-bond donors (Lipinski definition) is 1. The van der Waals surface area contributed by atoms with Crippen molar-refractivity contribution in [3.05, 3.63) is 75.5 Å². The molecule has 2 aliphatic carbocycles. The summed E-state index contributed by atoms with van der Waals surface area (Å²) in [4.78, 5) is 0. The fraction of sp³-hybridized carbons (Fsp3) is 0.367. The van der Waals surface area contributed by atoms with Gasteiger partial charge < -0.3 is 19.9 Å². The number of fused-ring (bicyclic) bond motifs is 1. The van der Waals surface area contributed by atoms with Crippen LogP contribution in [0.4, 0.5) is 0 Å². The molecule has 0 aliphatic heterocycles. The van der Waals surface area contributed by atoms with Crippen LogP contribution in [0.25, 0.3) is 0 Å². The van der Waals surface area contributed by atoms with Crippen molar-refractivity contribution in [2.24, 2.45) is 17.1 Å². The van der Waals surface area contributed by atoms with Gasteiger partial charge in [0.1, 0.15) is 12.7 Å². The number of nitrogens with zero attached hydrogens (tertiary/aromatic N) is 3. The summed E-state index contributed by atoms with van der Waals surface area (Å²) in [6, 6.07) is 16.2. The minimum Gasteiger partial charge on any atom is -0.493 e. The molecule has 0 bridgehead atoms. The molecule has 4 rings (SSSR count). The van der Waals surface area contributed by atoms with Crippen LogP contribution in [-0.2, 0) is 6.61 Å². The SMILES string of the molecule is COc1cccc(OC)c1OCc1cc([C@H]2[C@@H]3CCCC=C3C(C#N)=C(N)C2(C#N)C#N)c(C)cc1C. The predicted molar refractivity (Wildman–Crippen MR) is 138 cm³/mol. The van der Waals surface area contributed by atoms with Gasteiger partial charge in [0.15, 0.2) is 16.9 Å². The Labute approximate surface area is 218 Å². The summed E-state index contributed by atoms with van der Waals surface area (Å²) < 4.78 is 17.1. The first-order chi connectivity index (χ1) is 17.9. The van der Waals surface area contributed by atoms with Gasteiger partial charge >= 0.3 is 0 Å². The van der Waals surface area contributed by atoms with Crippen LogP contribution in [-0.4, -0.2) is 14.2 Å². The van der Waals surface area contributed by atoms with Gasteiger partial charge in [0.05, 0.1) is 37.6 Å². The van der Waals surface area contributed by atoms with Crippen LogP contribution in [0.15, 0.2) is 53.3 Å². The predicted octanol–water partition coefficient (Wildman–Crippen LogP) is 5.49. The summed E-state index contributed by atoms with van der Waals surface area (Å²) in [6.45, 7) is 4.23. The van der Waals surface area contributed by atoms with Crippen LogP contribution in [0.5, 0.6) is 17.2 Å². The molecule has 2 aromatic carbocycles. The Hall–Kier alpha value is -4.41. The molecular formula is C30H30N4O3. The Balaban J connectivity index is 1.84. The van der Waals surface area contributed by atoms with Crippen LogP contribution < -0.4 is 19.9 Å². The molecule has 0 fully saturated rings. The van der Waals surface area contributed by atoms with E-state index < -0.39 is 11.3 Å². The lowest BCUT2D eigenvalue weighted by molar-refractivity contribution is 0.264. The van der Waals surface area contributed by atoms with Crippen molar-refractivity contribution in [2.75, 3.05) is 14.2 Å². The van der Waals surface area contributed by atoms with E-state index in [0.29, 0.717) is 17.2 Å². The van der Waals surface area contributed by atoms with Gasteiger partial charge in [-0.05, 0) is 79.0 Å². The molecule has 0 saturated heterocycles. The van der Waals surface area contributed by atoms with Gasteiger partial charge in [0.25, 0.3) is 0 Å². The molecule has 188 valence electrons. The average Bonchev–Trinajstić information content (AvgIpc) is 2.92. The van der Waals surface area contributed by atoms with Crippen molar-refractivity contribution in [1.82, 2.24) is 0 Å². The molecule has 2 aromatic rings. The minimum atomic E-state index is -1.64. The Kier molecular flexibility index (Phi) is 7.14. The van der Waals surface area contributed by atoms with Gasteiger partial charge in [-0.3, -0.25) is 0 Å². The number of allylic oxidation sites excluding steroid dienone is 4. The molecule has 0 spiro atoms. The van der Waals surface area contributed by atoms with E-state index in [0.717, 1.165) is 47.1 Å². The van der Waals surface area contributed by atoms with Crippen molar-refractivity contribution < 1.29 is 14.2 Å². The van der Waals surface area contributed by atoms with Gasteiger partial charge in [0, 0.05) is 5.92 Å². The van der Waals surface area contributed by atoms with Gasteiger partial charge in [-0.2, -0.15) is 15.8 Å². The monoisotopic (exact) mass is 494 g/mol. The summed E-state index contributed by atoms with van der Waals surface area (Å²) in [5.74, 6) is 0.955. The zero-order valence-electron chi connectivity index (χ0n) is 21.6. The Morgan fingerprint density at radius 2 is 1.70 bits per heavy atom. The molecule has 0 heterocycles. The first-order valence-electron chi connectivity index (χ1n) is 12.2. The number of benzene rings is 2. The number of para-hydroxylation sites is 1. The number of nitrogens with two attached hydrogens (primary N) is 1. The summed E-state index contributed by atoms with van der Waals surface area (Å²) in [7, 11) is 3.15. The number of aryl methyl sites for hydroxylation is 2. The van der Waals surface area contributed by atoms with Crippen LogP contribution in [0.3, 0.4) is 0 Å². The number of hydrogen-bond acceptors (Lipinski definition) is 7. The van der Waals surface area contributed by atoms with E-state index in [-0.39, 0.29) is 23.8 Å². The first kappa shape index (κ1) is 25.7. The van der Waals surface area contributed by atoms with Gasteiger partial charge in [-0.1, -0.05) is 24.3 Å². The normalized spacial score (nSPS) is 20.0. The molecule has 7 nitrogen and oxygen atoms in total. The zero-order chi connectivity index (χ0) is 26.7. The van der Waals surface area contributed by atoms with Crippen molar-refractivity contribution in [3.8, 4) is 35.5 Å². The van der Waals surface area contributed by atoms with Crippen LogP contribution in [0, 0.1) is 59.2 Å². The number of ether oxygens (including phenoxy) is 3. The van der Waals surface area contributed by atoms with E-state index >= 15 is 0 Å². The highest BCUT2D eigenvalue weighted by atomic mass is 16.5. The lowest BCUT2D eigenvalue weighted by Gasteiger charge is -2.44. The number of methoxy groups -OCH3 is 2. The van der Waals surface area contributed by atoms with E-state index in [1.807, 2.05) is 32.1 Å². The molecule has 2 N–H and O–H groups in total. The Morgan fingerprint density at radius 1 is 1.03 bits per heavy atom. The molecule has 2 atom stereocenters. The minimum absolute atomic E-state index is 0.0472. The maximum Gasteiger partial charge on any atom is 0.203 e. The second-order valence-corrected chi connectivity index (χ2v) is 9.52. The summed E-state index contributed by atoms with van der Waals surface area (Å²) in [6.07, 6.45) is 4.59. The fourth-order valence-corrected chi connectivity index (χ4v) is 5.73. The third-order valence-electron chi connectivity index (χ3n) is 7.61. The van der Waals surface area contributed by atoms with Gasteiger partial charge in [-0.15, -0.1) is 0 Å². The lowest BCUT2D eigenvalue weighted by Crippen LogP contribution is -2.43. The maximum atomic E-state index is 10.4. The van der Waals surface area contributed by atoms with Gasteiger partial charge in [0.2, 0.25) is 5.75 Å². The Morgan fingerprint density at radius 3 is 2.30 bits per heavy atom. The maximum absolute atomic E-state index is 10.4. The first-order valence-corrected chi connectivity index (χ1v) is 12.2. The summed E-state index contributed by atoms with van der Waals surface area (Å²) in [5, 5.41) is 30.6. The van der Waals surface area contributed by atoms with Crippen molar-refractivity contribution in [2.45, 2.75) is 45.6 Å². The molecule has 0 aromatic heterocycles.